The van der Waals surface area contributed by atoms with Gasteiger partial charge >= 0.3 is 5.69 Å². The normalized spacial score (nSPS) is 15.4. The van der Waals surface area contributed by atoms with Crippen LogP contribution < -0.4 is 15.3 Å². The van der Waals surface area contributed by atoms with E-state index in [2.05, 4.69) is 53.5 Å². The molecule has 1 saturated heterocycles. The number of aliphatic hydroxyl groups is 1. The lowest BCUT2D eigenvalue weighted by Crippen LogP contribution is -2.60. The molecule has 0 saturated carbocycles. The number of hydrogen-bond acceptors (Lipinski definition) is 6. The van der Waals surface area contributed by atoms with Crippen LogP contribution in [0.15, 0.2) is 41.5 Å². The Labute approximate surface area is 226 Å². The Morgan fingerprint density at radius 2 is 1.74 bits per heavy atom. The minimum atomic E-state index is -0.760. The van der Waals surface area contributed by atoms with Gasteiger partial charge < -0.3 is 14.7 Å². The number of β-amino-alcohol motifs (C(OH)–C–C–N with tert-alkyl or cyclic N) is 1. The van der Waals surface area contributed by atoms with E-state index in [1.54, 1.807) is 35.0 Å². The number of rotatable bonds is 4. The molecule has 10 heteroatoms. The van der Waals surface area contributed by atoms with Crippen molar-refractivity contribution < 1.29 is 9.84 Å². The molecule has 0 amide bonds. The van der Waals surface area contributed by atoms with Gasteiger partial charge in [0.15, 0.2) is 0 Å². The van der Waals surface area contributed by atoms with Gasteiger partial charge in [0.25, 0.3) is 0 Å². The second kappa shape index (κ2) is 8.22. The molecule has 1 aliphatic heterocycles. The number of imidazole rings is 2. The molecule has 0 radical (unpaired) electrons. The number of hydrogen-bond donors (Lipinski definition) is 1. The molecule has 204 valence electrons. The maximum atomic E-state index is 13.0. The van der Waals surface area contributed by atoms with Crippen molar-refractivity contribution >= 4 is 27.8 Å². The zero-order valence-electron chi connectivity index (χ0n) is 23.8. The number of aryl methyl sites for hydroxylation is 3. The zero-order chi connectivity index (χ0) is 28.0. The first-order chi connectivity index (χ1) is 18.3. The fourth-order valence-corrected chi connectivity index (χ4v) is 5.75. The molecule has 4 heterocycles. The maximum absolute atomic E-state index is 13.0. The van der Waals surface area contributed by atoms with Gasteiger partial charge in [0.05, 0.1) is 52.3 Å². The van der Waals surface area contributed by atoms with E-state index >= 15 is 0 Å². The number of aromatic nitrogens is 6. The summed E-state index contributed by atoms with van der Waals surface area (Å²) in [5, 5.41) is 14.9. The van der Waals surface area contributed by atoms with Crippen LogP contribution in [0.25, 0.3) is 38.9 Å². The van der Waals surface area contributed by atoms with E-state index in [-0.39, 0.29) is 11.1 Å². The molecule has 39 heavy (non-hydrogen) atoms. The highest BCUT2D eigenvalue weighted by molar-refractivity contribution is 5.94. The summed E-state index contributed by atoms with van der Waals surface area (Å²) in [7, 11) is 7.16. The Bertz CT molecular complexity index is 1820. The van der Waals surface area contributed by atoms with Crippen LogP contribution in [0.1, 0.15) is 33.5 Å². The van der Waals surface area contributed by atoms with Gasteiger partial charge in [0.2, 0.25) is 0 Å². The van der Waals surface area contributed by atoms with Gasteiger partial charge in [-0.1, -0.05) is 20.8 Å². The van der Waals surface area contributed by atoms with Crippen molar-refractivity contribution in [3.8, 4) is 22.6 Å². The molecule has 0 spiro atoms. The lowest BCUT2D eigenvalue weighted by molar-refractivity contribution is 0.0312. The van der Waals surface area contributed by atoms with Gasteiger partial charge in [-0.05, 0) is 25.1 Å². The summed E-state index contributed by atoms with van der Waals surface area (Å²) in [6.45, 7) is 9.26. The molecular formula is C29H35N7O3. The minimum Gasteiger partial charge on any atom is -0.496 e. The van der Waals surface area contributed by atoms with Crippen LogP contribution in [0, 0.1) is 0 Å². The minimum absolute atomic E-state index is 0.0926. The lowest BCUT2D eigenvalue weighted by Gasteiger charge is -2.46. The standard InChI is InChI=1S/C29H35N7O3/c1-28(2,3)26-31-20-11-19(17-13-30-32(5)14-17)24(39-8)12-21(20)36(26)18-9-22-25(34(7)27(37)33(22)6)23(10-18)35-15-29(4,38)16-35/h9-14,38H,15-16H2,1-8H3. The third-order valence-electron chi connectivity index (χ3n) is 7.65. The van der Waals surface area contributed by atoms with Crippen LogP contribution in [0.5, 0.6) is 5.75 Å². The Balaban J connectivity index is 1.67. The largest absolute Gasteiger partial charge is 0.496 e. The molecule has 0 aliphatic carbocycles. The topological polar surface area (TPSA) is 95.3 Å². The molecule has 1 aliphatic rings. The molecule has 0 unspecified atom stereocenters. The van der Waals surface area contributed by atoms with Crippen LogP contribution in [-0.2, 0) is 26.6 Å². The van der Waals surface area contributed by atoms with Crippen molar-refractivity contribution in [1.82, 2.24) is 28.5 Å². The second-order valence-electron chi connectivity index (χ2n) is 12.1. The quantitative estimate of drug-likeness (QED) is 0.383. The molecule has 10 nitrogen and oxygen atoms in total. The summed E-state index contributed by atoms with van der Waals surface area (Å²) in [5.41, 5.74) is 5.98. The van der Waals surface area contributed by atoms with Crippen LogP contribution >= 0.6 is 0 Å². The summed E-state index contributed by atoms with van der Waals surface area (Å²) < 4.78 is 13.2. The highest BCUT2D eigenvalue weighted by Crippen LogP contribution is 2.40. The predicted octanol–water partition coefficient (Wildman–Crippen LogP) is 3.49. The summed E-state index contributed by atoms with van der Waals surface area (Å²) in [4.78, 5) is 20.3. The Hall–Kier alpha value is -4.05. The predicted molar refractivity (Wildman–Crippen MR) is 153 cm³/mol. The first kappa shape index (κ1) is 25.2. The van der Waals surface area contributed by atoms with Gasteiger partial charge in [-0.15, -0.1) is 0 Å². The van der Waals surface area contributed by atoms with Crippen molar-refractivity contribution in [1.29, 1.82) is 0 Å². The lowest BCUT2D eigenvalue weighted by atomic mass is 9.95. The maximum Gasteiger partial charge on any atom is 0.328 e. The van der Waals surface area contributed by atoms with E-state index < -0.39 is 5.60 Å². The smallest absolute Gasteiger partial charge is 0.328 e. The number of fused-ring (bicyclic) bond motifs is 2. The number of methoxy groups -OCH3 is 1. The van der Waals surface area contributed by atoms with Crippen molar-refractivity contribution in [2.24, 2.45) is 21.1 Å². The third-order valence-corrected chi connectivity index (χ3v) is 7.65. The molecule has 1 fully saturated rings. The van der Waals surface area contributed by atoms with Crippen molar-refractivity contribution in [3.63, 3.8) is 0 Å². The number of anilines is 1. The number of nitrogens with zero attached hydrogens (tertiary/aromatic N) is 7. The second-order valence-corrected chi connectivity index (χ2v) is 12.1. The van der Waals surface area contributed by atoms with Gasteiger partial charge in [0, 0.05) is 63.0 Å². The van der Waals surface area contributed by atoms with E-state index in [0.29, 0.717) is 13.1 Å². The zero-order valence-corrected chi connectivity index (χ0v) is 23.8. The third kappa shape index (κ3) is 3.84. The van der Waals surface area contributed by atoms with Crippen LogP contribution in [0.3, 0.4) is 0 Å². The molecule has 2 aromatic carbocycles. The van der Waals surface area contributed by atoms with Crippen molar-refractivity contribution in [2.45, 2.75) is 38.7 Å². The van der Waals surface area contributed by atoms with Gasteiger partial charge in [-0.25, -0.2) is 9.78 Å². The van der Waals surface area contributed by atoms with Gasteiger partial charge in [0.1, 0.15) is 11.6 Å². The van der Waals surface area contributed by atoms with E-state index in [1.165, 1.54) is 0 Å². The summed E-state index contributed by atoms with van der Waals surface area (Å²) in [6, 6.07) is 8.24. The van der Waals surface area contributed by atoms with Crippen LogP contribution in [-0.4, -0.2) is 59.4 Å². The molecule has 0 atom stereocenters. The highest BCUT2D eigenvalue weighted by atomic mass is 16.5. The monoisotopic (exact) mass is 529 g/mol. The van der Waals surface area contributed by atoms with Crippen LogP contribution in [0.2, 0.25) is 0 Å². The molecule has 1 N–H and O–H groups in total. The molecule has 0 bridgehead atoms. The average Bonchev–Trinajstić information content (AvgIpc) is 3.52. The summed E-state index contributed by atoms with van der Waals surface area (Å²) >= 11 is 0. The Morgan fingerprint density at radius 3 is 2.33 bits per heavy atom. The van der Waals surface area contributed by atoms with Crippen molar-refractivity contribution in [3.05, 3.63) is 53.0 Å². The van der Waals surface area contributed by atoms with Crippen molar-refractivity contribution in [2.75, 3.05) is 25.1 Å². The highest BCUT2D eigenvalue weighted by Gasteiger charge is 2.38. The van der Waals surface area contributed by atoms with E-state index in [1.807, 2.05) is 32.4 Å². The summed E-state index contributed by atoms with van der Waals surface area (Å²) in [6.07, 6.45) is 3.78. The fraction of sp³-hybridized carbons (Fsp3) is 0.414. The van der Waals surface area contributed by atoms with Gasteiger partial charge in [-0.2, -0.15) is 5.10 Å². The summed E-state index contributed by atoms with van der Waals surface area (Å²) in [5.74, 6) is 1.62. The first-order valence-electron chi connectivity index (χ1n) is 13.1. The molecule has 6 rings (SSSR count). The first-order valence-corrected chi connectivity index (χ1v) is 13.1. The Kier molecular flexibility index (Phi) is 5.32. The van der Waals surface area contributed by atoms with Crippen LogP contribution in [0.4, 0.5) is 5.69 Å². The van der Waals surface area contributed by atoms with Gasteiger partial charge in [-0.3, -0.25) is 18.4 Å². The van der Waals surface area contributed by atoms with E-state index in [4.69, 9.17) is 9.72 Å². The fourth-order valence-electron chi connectivity index (χ4n) is 5.75. The number of benzene rings is 2. The molecule has 3 aromatic heterocycles. The average molecular weight is 530 g/mol. The Morgan fingerprint density at radius 1 is 1.03 bits per heavy atom. The SMILES string of the molecule is COc1cc2c(cc1-c1cnn(C)c1)nc(C(C)(C)C)n2-c1cc(N2CC(C)(O)C2)c2c(c1)n(C)c(=O)n2C. The van der Waals surface area contributed by atoms with E-state index in [9.17, 15) is 9.90 Å². The molecule has 5 aromatic rings. The number of ether oxygens (including phenoxy) is 1. The van der Waals surface area contributed by atoms with E-state index in [0.717, 1.165) is 56.1 Å². The molecular weight excluding hydrogens is 494 g/mol.